The second-order valence-corrected chi connectivity index (χ2v) is 6.89. The molecule has 0 radical (unpaired) electrons. The molecule has 0 aliphatic carbocycles. The number of aromatic nitrogens is 2. The van der Waals surface area contributed by atoms with Crippen molar-refractivity contribution in [2.45, 2.75) is 52.7 Å². The highest BCUT2D eigenvalue weighted by molar-refractivity contribution is 5.76. The van der Waals surface area contributed by atoms with E-state index in [1.807, 2.05) is 18.2 Å². The van der Waals surface area contributed by atoms with E-state index in [2.05, 4.69) is 54.6 Å². The van der Waals surface area contributed by atoms with Crippen LogP contribution < -0.4 is 4.74 Å². The number of aliphatic hydroxyl groups is 1. The molecule has 3 aromatic rings. The molecule has 4 nitrogen and oxygen atoms in total. The molecule has 0 amide bonds. The Morgan fingerprint density at radius 1 is 1.15 bits per heavy atom. The van der Waals surface area contributed by atoms with E-state index in [1.165, 1.54) is 5.56 Å². The van der Waals surface area contributed by atoms with Crippen LogP contribution in [0.5, 0.6) is 5.75 Å². The highest BCUT2D eigenvalue weighted by Gasteiger charge is 2.17. The van der Waals surface area contributed by atoms with Gasteiger partial charge in [0.15, 0.2) is 0 Å². The summed E-state index contributed by atoms with van der Waals surface area (Å²) >= 11 is 0. The zero-order valence-electron chi connectivity index (χ0n) is 15.9. The summed E-state index contributed by atoms with van der Waals surface area (Å²) in [5, 5.41) is 10.5. The lowest BCUT2D eigenvalue weighted by Crippen LogP contribution is -2.11. The monoisotopic (exact) mass is 352 g/mol. The minimum atomic E-state index is -0.521. The van der Waals surface area contributed by atoms with Crippen molar-refractivity contribution < 1.29 is 9.84 Å². The Bertz CT molecular complexity index is 870. The Labute approximate surface area is 155 Å². The Morgan fingerprint density at radius 3 is 2.77 bits per heavy atom. The van der Waals surface area contributed by atoms with Crippen LogP contribution in [0.2, 0.25) is 0 Å². The molecule has 0 saturated heterocycles. The number of rotatable bonds is 8. The van der Waals surface area contributed by atoms with Crippen LogP contribution in [0.3, 0.4) is 0 Å². The molecule has 1 heterocycles. The molecule has 4 heteroatoms. The van der Waals surface area contributed by atoms with Gasteiger partial charge in [-0.1, -0.05) is 37.6 Å². The van der Waals surface area contributed by atoms with Gasteiger partial charge in [0.25, 0.3) is 0 Å². The van der Waals surface area contributed by atoms with Crippen LogP contribution in [0.4, 0.5) is 0 Å². The van der Waals surface area contributed by atoms with Gasteiger partial charge in [0.1, 0.15) is 17.7 Å². The molecule has 1 N–H and O–H groups in total. The SMILES string of the molecule is CCC[C@H](O)c1nc2ccccc2n1CCCOc1cc(C)ccc1C. The fraction of sp³-hybridized carbons (Fsp3) is 0.409. The van der Waals surface area contributed by atoms with E-state index in [-0.39, 0.29) is 0 Å². The molecule has 0 spiro atoms. The average Bonchev–Trinajstić information content (AvgIpc) is 3.00. The number of fused-ring (bicyclic) bond motifs is 1. The molecular weight excluding hydrogens is 324 g/mol. The van der Waals surface area contributed by atoms with Gasteiger partial charge in [0.05, 0.1) is 17.6 Å². The first-order chi connectivity index (χ1) is 12.6. The van der Waals surface area contributed by atoms with E-state index >= 15 is 0 Å². The minimum absolute atomic E-state index is 0.521. The number of hydrogen-bond donors (Lipinski definition) is 1. The maximum absolute atomic E-state index is 10.5. The summed E-state index contributed by atoms with van der Waals surface area (Å²) in [5.41, 5.74) is 4.37. The number of aliphatic hydroxyl groups excluding tert-OH is 1. The predicted octanol–water partition coefficient (Wildman–Crippen LogP) is 4.96. The van der Waals surface area contributed by atoms with Gasteiger partial charge in [-0.25, -0.2) is 4.98 Å². The van der Waals surface area contributed by atoms with Crippen molar-refractivity contribution in [1.82, 2.24) is 9.55 Å². The summed E-state index contributed by atoms with van der Waals surface area (Å²) in [6, 6.07) is 14.3. The van der Waals surface area contributed by atoms with Crippen molar-refractivity contribution in [3.8, 4) is 5.75 Å². The quantitative estimate of drug-likeness (QED) is 0.583. The number of nitrogens with zero attached hydrogens (tertiary/aromatic N) is 2. The number of hydrogen-bond acceptors (Lipinski definition) is 3. The van der Waals surface area contributed by atoms with Crippen LogP contribution in [-0.2, 0) is 6.54 Å². The lowest BCUT2D eigenvalue weighted by atomic mass is 10.1. The summed E-state index contributed by atoms with van der Waals surface area (Å²) in [6.07, 6.45) is 1.99. The first-order valence-corrected chi connectivity index (χ1v) is 9.43. The maximum atomic E-state index is 10.5. The van der Waals surface area contributed by atoms with E-state index in [1.54, 1.807) is 0 Å². The predicted molar refractivity (Wildman–Crippen MR) is 106 cm³/mol. The maximum Gasteiger partial charge on any atom is 0.138 e. The molecule has 2 aromatic carbocycles. The normalized spacial score (nSPS) is 12.5. The number of para-hydroxylation sites is 2. The topological polar surface area (TPSA) is 47.3 Å². The van der Waals surface area contributed by atoms with Gasteiger partial charge in [0.2, 0.25) is 0 Å². The summed E-state index contributed by atoms with van der Waals surface area (Å²) in [7, 11) is 0. The van der Waals surface area contributed by atoms with E-state index in [0.29, 0.717) is 6.61 Å². The van der Waals surface area contributed by atoms with Gasteiger partial charge in [-0.2, -0.15) is 0 Å². The minimum Gasteiger partial charge on any atom is -0.493 e. The number of imidazole rings is 1. The summed E-state index contributed by atoms with van der Waals surface area (Å²) in [4.78, 5) is 4.67. The van der Waals surface area contributed by atoms with Crippen LogP contribution in [-0.4, -0.2) is 21.3 Å². The number of benzene rings is 2. The number of ether oxygens (including phenoxy) is 1. The summed E-state index contributed by atoms with van der Waals surface area (Å²) in [6.45, 7) is 7.64. The Morgan fingerprint density at radius 2 is 1.96 bits per heavy atom. The molecular formula is C22H28N2O2. The highest BCUT2D eigenvalue weighted by Crippen LogP contribution is 2.24. The molecule has 0 unspecified atom stereocenters. The van der Waals surface area contributed by atoms with Crippen LogP contribution in [0.15, 0.2) is 42.5 Å². The fourth-order valence-electron chi connectivity index (χ4n) is 3.25. The Kier molecular flexibility index (Phi) is 5.94. The molecule has 0 bridgehead atoms. The second kappa shape index (κ2) is 8.37. The van der Waals surface area contributed by atoms with Crippen molar-refractivity contribution in [3.05, 3.63) is 59.4 Å². The van der Waals surface area contributed by atoms with Crippen molar-refractivity contribution >= 4 is 11.0 Å². The van der Waals surface area contributed by atoms with Crippen molar-refractivity contribution in [2.24, 2.45) is 0 Å². The van der Waals surface area contributed by atoms with Gasteiger partial charge in [-0.3, -0.25) is 0 Å². The molecule has 0 aliphatic rings. The standard InChI is InChI=1S/C22H28N2O2/c1-4-8-20(25)22-23-18-9-5-6-10-19(18)24(22)13-7-14-26-21-15-16(2)11-12-17(21)3/h5-6,9-12,15,20,25H,4,7-8,13-14H2,1-3H3/t20-/m0/s1. The molecule has 3 rings (SSSR count). The van der Waals surface area contributed by atoms with Gasteiger partial charge in [0, 0.05) is 6.54 Å². The van der Waals surface area contributed by atoms with Gasteiger partial charge >= 0.3 is 0 Å². The van der Waals surface area contributed by atoms with Crippen LogP contribution in [0.25, 0.3) is 11.0 Å². The smallest absolute Gasteiger partial charge is 0.138 e. The highest BCUT2D eigenvalue weighted by atomic mass is 16.5. The molecule has 0 aliphatic heterocycles. The van der Waals surface area contributed by atoms with Crippen LogP contribution >= 0.6 is 0 Å². The zero-order valence-corrected chi connectivity index (χ0v) is 15.9. The fourth-order valence-corrected chi connectivity index (χ4v) is 3.25. The first-order valence-electron chi connectivity index (χ1n) is 9.43. The second-order valence-electron chi connectivity index (χ2n) is 6.89. The molecule has 0 fully saturated rings. The third-order valence-electron chi connectivity index (χ3n) is 4.67. The number of aryl methyl sites for hydroxylation is 3. The average molecular weight is 352 g/mol. The van der Waals surface area contributed by atoms with Crippen molar-refractivity contribution in [3.63, 3.8) is 0 Å². The van der Waals surface area contributed by atoms with Crippen LogP contribution in [0, 0.1) is 13.8 Å². The lowest BCUT2D eigenvalue weighted by Gasteiger charge is -2.14. The molecule has 1 atom stereocenters. The first kappa shape index (κ1) is 18.5. The van der Waals surface area contributed by atoms with Gasteiger partial charge < -0.3 is 14.4 Å². The van der Waals surface area contributed by atoms with E-state index < -0.39 is 6.10 Å². The third-order valence-corrected chi connectivity index (χ3v) is 4.67. The Balaban J connectivity index is 1.71. The van der Waals surface area contributed by atoms with E-state index in [9.17, 15) is 5.11 Å². The van der Waals surface area contributed by atoms with E-state index in [0.717, 1.165) is 54.0 Å². The molecule has 138 valence electrons. The van der Waals surface area contributed by atoms with Crippen LogP contribution in [0.1, 0.15) is 49.2 Å². The van der Waals surface area contributed by atoms with E-state index in [4.69, 9.17) is 4.74 Å². The molecule has 0 saturated carbocycles. The van der Waals surface area contributed by atoms with Gasteiger partial charge in [-0.05, 0) is 56.0 Å². The molecule has 26 heavy (non-hydrogen) atoms. The lowest BCUT2D eigenvalue weighted by molar-refractivity contribution is 0.152. The summed E-state index contributed by atoms with van der Waals surface area (Å²) < 4.78 is 8.12. The zero-order chi connectivity index (χ0) is 18.5. The summed E-state index contributed by atoms with van der Waals surface area (Å²) in [5.74, 6) is 1.71. The van der Waals surface area contributed by atoms with Gasteiger partial charge in [-0.15, -0.1) is 0 Å². The van der Waals surface area contributed by atoms with Crippen molar-refractivity contribution in [1.29, 1.82) is 0 Å². The largest absolute Gasteiger partial charge is 0.493 e. The Hall–Kier alpha value is -2.33. The third kappa shape index (κ3) is 4.07. The molecule has 1 aromatic heterocycles. The van der Waals surface area contributed by atoms with Crippen molar-refractivity contribution in [2.75, 3.05) is 6.61 Å².